The zero-order valence-corrected chi connectivity index (χ0v) is 13.4. The lowest BCUT2D eigenvalue weighted by Gasteiger charge is -2.20. The number of imide groups is 1. The van der Waals surface area contributed by atoms with Crippen LogP contribution in [0.3, 0.4) is 0 Å². The molecule has 0 fully saturated rings. The van der Waals surface area contributed by atoms with Gasteiger partial charge in [0.1, 0.15) is 0 Å². The van der Waals surface area contributed by atoms with Gasteiger partial charge in [0.2, 0.25) is 11.8 Å². The molecule has 0 saturated heterocycles. The van der Waals surface area contributed by atoms with Crippen LogP contribution in [0, 0.1) is 0 Å². The van der Waals surface area contributed by atoms with Crippen LogP contribution in [0.5, 0.6) is 0 Å². The summed E-state index contributed by atoms with van der Waals surface area (Å²) in [6, 6.07) is 9.39. The molecule has 1 heterocycles. The van der Waals surface area contributed by atoms with Crippen molar-refractivity contribution < 1.29 is 9.59 Å². The van der Waals surface area contributed by atoms with E-state index in [1.165, 1.54) is 13.8 Å². The third kappa shape index (κ3) is 2.16. The molecular formula is C16H12Cl2N2O2. The van der Waals surface area contributed by atoms with Gasteiger partial charge in [-0.15, -0.1) is 0 Å². The summed E-state index contributed by atoms with van der Waals surface area (Å²) < 4.78 is 0. The number of carbonyl (C=O) groups excluding carboxylic acids is 2. The fourth-order valence-corrected chi connectivity index (χ4v) is 3.09. The van der Waals surface area contributed by atoms with E-state index in [0.29, 0.717) is 16.2 Å². The first-order valence-electron chi connectivity index (χ1n) is 6.61. The van der Waals surface area contributed by atoms with Crippen molar-refractivity contribution in [3.05, 3.63) is 40.4 Å². The van der Waals surface area contributed by atoms with Gasteiger partial charge in [-0.05, 0) is 12.1 Å². The monoisotopic (exact) mass is 334 g/mol. The first kappa shape index (κ1) is 14.9. The van der Waals surface area contributed by atoms with Crippen molar-refractivity contribution in [1.29, 1.82) is 0 Å². The molecule has 2 amide bonds. The Balaban J connectivity index is 2.49. The van der Waals surface area contributed by atoms with Crippen LogP contribution in [-0.2, 0) is 9.59 Å². The molecule has 1 aromatic heterocycles. The number of para-hydroxylation sites is 1. The molecule has 6 heteroatoms. The van der Waals surface area contributed by atoms with Gasteiger partial charge >= 0.3 is 0 Å². The minimum absolute atomic E-state index is 0.172. The average molecular weight is 335 g/mol. The van der Waals surface area contributed by atoms with Crippen LogP contribution in [0.1, 0.15) is 13.8 Å². The van der Waals surface area contributed by atoms with Crippen molar-refractivity contribution in [3.8, 4) is 0 Å². The summed E-state index contributed by atoms with van der Waals surface area (Å²) in [5.41, 5.74) is 1.78. The van der Waals surface area contributed by atoms with Crippen LogP contribution >= 0.6 is 23.2 Å². The van der Waals surface area contributed by atoms with E-state index in [-0.39, 0.29) is 5.02 Å². The minimum Gasteiger partial charge on any atom is -0.353 e. The van der Waals surface area contributed by atoms with Gasteiger partial charge in [-0.25, -0.2) is 4.90 Å². The Morgan fingerprint density at radius 3 is 2.32 bits per heavy atom. The molecule has 0 unspecified atom stereocenters. The Labute approximate surface area is 136 Å². The smallest absolute Gasteiger partial charge is 0.230 e. The predicted molar refractivity (Wildman–Crippen MR) is 89.7 cm³/mol. The van der Waals surface area contributed by atoms with Crippen LogP contribution in [-0.4, -0.2) is 16.8 Å². The molecule has 1 N–H and O–H groups in total. The lowest BCUT2D eigenvalue weighted by atomic mass is 10.1. The lowest BCUT2D eigenvalue weighted by Crippen LogP contribution is -2.33. The van der Waals surface area contributed by atoms with E-state index in [1.807, 2.05) is 24.3 Å². The molecule has 0 radical (unpaired) electrons. The summed E-state index contributed by atoms with van der Waals surface area (Å²) in [4.78, 5) is 28.0. The summed E-state index contributed by atoms with van der Waals surface area (Å²) in [5, 5.41) is 2.23. The highest BCUT2D eigenvalue weighted by atomic mass is 35.5. The molecule has 112 valence electrons. The molecule has 3 aromatic rings. The van der Waals surface area contributed by atoms with Crippen molar-refractivity contribution in [2.75, 3.05) is 4.90 Å². The Hall–Kier alpha value is -2.04. The number of nitrogens with one attached hydrogen (secondary N) is 1. The molecule has 2 aromatic carbocycles. The van der Waals surface area contributed by atoms with E-state index in [9.17, 15) is 9.59 Å². The zero-order valence-electron chi connectivity index (χ0n) is 11.9. The number of rotatable bonds is 1. The van der Waals surface area contributed by atoms with Gasteiger partial charge in [-0.2, -0.15) is 0 Å². The molecule has 22 heavy (non-hydrogen) atoms. The predicted octanol–water partition coefficient (Wildman–Crippen LogP) is 4.53. The van der Waals surface area contributed by atoms with Gasteiger partial charge in [0.25, 0.3) is 0 Å². The highest BCUT2D eigenvalue weighted by molar-refractivity contribution is 6.46. The fourth-order valence-electron chi connectivity index (χ4n) is 2.66. The molecule has 0 aliphatic rings. The summed E-state index contributed by atoms with van der Waals surface area (Å²) in [6.07, 6.45) is 0. The number of carbonyl (C=O) groups is 2. The van der Waals surface area contributed by atoms with Crippen molar-refractivity contribution in [3.63, 3.8) is 0 Å². The highest BCUT2D eigenvalue weighted by Crippen LogP contribution is 2.42. The standard InChI is InChI=1S/C16H12Cl2N2O2/c1-8(21)20(9(2)22)16-14(18)12(17)7-11-10-5-3-4-6-13(10)19-15(11)16/h3-7,19H,1-2H3. The Morgan fingerprint density at radius 1 is 1.05 bits per heavy atom. The van der Waals surface area contributed by atoms with Crippen molar-refractivity contribution >= 4 is 62.5 Å². The summed E-state index contributed by atoms with van der Waals surface area (Å²) in [7, 11) is 0. The van der Waals surface area contributed by atoms with E-state index >= 15 is 0 Å². The van der Waals surface area contributed by atoms with Crippen molar-refractivity contribution in [1.82, 2.24) is 4.98 Å². The largest absolute Gasteiger partial charge is 0.353 e. The van der Waals surface area contributed by atoms with E-state index < -0.39 is 11.8 Å². The second-order valence-corrected chi connectivity index (χ2v) is 5.77. The molecule has 0 spiro atoms. The summed E-state index contributed by atoms with van der Waals surface area (Å²) in [5.74, 6) is -0.840. The average Bonchev–Trinajstić information content (AvgIpc) is 2.81. The van der Waals surface area contributed by atoms with E-state index in [2.05, 4.69) is 4.98 Å². The number of aromatic amines is 1. The second kappa shape index (κ2) is 5.30. The van der Waals surface area contributed by atoms with Crippen LogP contribution in [0.4, 0.5) is 5.69 Å². The molecule has 0 atom stereocenters. The summed E-state index contributed by atoms with van der Waals surface area (Å²) >= 11 is 12.5. The third-order valence-electron chi connectivity index (χ3n) is 3.53. The minimum atomic E-state index is -0.420. The number of nitrogens with zero attached hydrogens (tertiary/aromatic N) is 1. The number of fused-ring (bicyclic) bond motifs is 3. The van der Waals surface area contributed by atoms with E-state index in [1.54, 1.807) is 6.07 Å². The number of amides is 2. The number of benzene rings is 2. The van der Waals surface area contributed by atoms with E-state index in [0.717, 1.165) is 21.2 Å². The van der Waals surface area contributed by atoms with Gasteiger partial charge in [0, 0.05) is 30.1 Å². The maximum Gasteiger partial charge on any atom is 0.230 e. The van der Waals surface area contributed by atoms with Crippen LogP contribution in [0.2, 0.25) is 10.0 Å². The quantitative estimate of drug-likeness (QED) is 0.710. The topological polar surface area (TPSA) is 53.2 Å². The normalized spacial score (nSPS) is 11.1. The van der Waals surface area contributed by atoms with Crippen molar-refractivity contribution in [2.24, 2.45) is 0 Å². The number of hydrogen-bond donors (Lipinski definition) is 1. The van der Waals surface area contributed by atoms with Gasteiger partial charge in [-0.1, -0.05) is 41.4 Å². The highest BCUT2D eigenvalue weighted by Gasteiger charge is 2.25. The number of aromatic nitrogens is 1. The van der Waals surface area contributed by atoms with Crippen LogP contribution < -0.4 is 4.90 Å². The lowest BCUT2D eigenvalue weighted by molar-refractivity contribution is -0.124. The van der Waals surface area contributed by atoms with Crippen LogP contribution in [0.15, 0.2) is 30.3 Å². The van der Waals surface area contributed by atoms with Gasteiger partial charge in [-0.3, -0.25) is 9.59 Å². The molecule has 0 bridgehead atoms. The molecule has 0 aliphatic heterocycles. The van der Waals surface area contributed by atoms with Gasteiger partial charge in [0.05, 0.1) is 21.2 Å². The summed E-state index contributed by atoms with van der Waals surface area (Å²) in [6.45, 7) is 2.63. The maximum atomic E-state index is 11.9. The molecule has 4 nitrogen and oxygen atoms in total. The van der Waals surface area contributed by atoms with E-state index in [4.69, 9.17) is 23.2 Å². The number of halogens is 2. The number of hydrogen-bond acceptors (Lipinski definition) is 2. The Morgan fingerprint density at radius 2 is 1.68 bits per heavy atom. The van der Waals surface area contributed by atoms with Crippen molar-refractivity contribution in [2.45, 2.75) is 13.8 Å². The molecule has 0 saturated carbocycles. The Kier molecular flexibility index (Phi) is 3.59. The van der Waals surface area contributed by atoms with Crippen LogP contribution in [0.25, 0.3) is 21.8 Å². The zero-order chi connectivity index (χ0) is 16.0. The molecule has 0 aliphatic carbocycles. The SMILES string of the molecule is CC(=O)N(C(C)=O)c1c(Cl)c(Cl)cc2c1[nH]c1ccccc12. The second-order valence-electron chi connectivity index (χ2n) is 4.99. The first-order chi connectivity index (χ1) is 10.4. The number of H-pyrrole nitrogens is 1. The Bertz CT molecular complexity index is 917. The number of anilines is 1. The molecular weight excluding hydrogens is 323 g/mol. The first-order valence-corrected chi connectivity index (χ1v) is 7.37. The molecule has 3 rings (SSSR count). The third-order valence-corrected chi connectivity index (χ3v) is 4.30. The fraction of sp³-hybridized carbons (Fsp3) is 0.125. The van der Waals surface area contributed by atoms with Gasteiger partial charge in [0.15, 0.2) is 0 Å². The van der Waals surface area contributed by atoms with Gasteiger partial charge < -0.3 is 4.98 Å². The maximum absolute atomic E-state index is 11.9.